The van der Waals surface area contributed by atoms with E-state index in [-0.39, 0.29) is 18.3 Å². The topological polar surface area (TPSA) is 98.0 Å². The van der Waals surface area contributed by atoms with Crippen molar-refractivity contribution in [3.63, 3.8) is 0 Å². The molecule has 2 rings (SSSR count). The molecule has 1 aliphatic carbocycles. The molecule has 5 atom stereocenters. The first-order chi connectivity index (χ1) is 13.5. The highest BCUT2D eigenvalue weighted by Gasteiger charge is 2.39. The first-order valence-corrected chi connectivity index (χ1v) is 10.1. The second-order valence-electron chi connectivity index (χ2n) is 7.58. The van der Waals surface area contributed by atoms with Crippen molar-refractivity contribution in [1.82, 2.24) is 0 Å². The highest BCUT2D eigenvalue weighted by atomic mass is 16.4. The van der Waals surface area contributed by atoms with E-state index < -0.39 is 24.3 Å². The van der Waals surface area contributed by atoms with Crippen molar-refractivity contribution >= 4 is 5.97 Å². The monoisotopic (exact) mass is 388 g/mol. The van der Waals surface area contributed by atoms with Gasteiger partial charge in [0.2, 0.25) is 0 Å². The maximum atomic E-state index is 10.5. The van der Waals surface area contributed by atoms with Gasteiger partial charge in [-0.3, -0.25) is 4.79 Å². The summed E-state index contributed by atoms with van der Waals surface area (Å²) in [4.78, 5) is 10.5. The highest BCUT2D eigenvalue weighted by Crippen LogP contribution is 2.36. The number of carboxylic acids is 1. The minimum atomic E-state index is -0.793. The fourth-order valence-electron chi connectivity index (χ4n) is 3.76. The predicted molar refractivity (Wildman–Crippen MR) is 109 cm³/mol. The van der Waals surface area contributed by atoms with Crippen molar-refractivity contribution in [2.75, 3.05) is 0 Å². The van der Waals surface area contributed by atoms with Gasteiger partial charge < -0.3 is 20.4 Å². The number of benzene rings is 1. The standard InChI is InChI=1S/C23H32O5/c24-18(13-12-17-8-4-3-5-9-17)14-15-20-19(21(25)16-22(20)26)10-6-1-2-7-11-23(27)28/h1,3-6,8-9,14-15,18-22,24-26H,2,7,10-13,16H2,(H,27,28)/t18-,19-,20+,21+,22+/m0/s1. The lowest BCUT2D eigenvalue weighted by Gasteiger charge is -2.19. The van der Waals surface area contributed by atoms with E-state index in [2.05, 4.69) is 0 Å². The number of rotatable bonds is 11. The lowest BCUT2D eigenvalue weighted by Crippen LogP contribution is -2.20. The number of aliphatic hydroxyl groups excluding tert-OH is 3. The lowest BCUT2D eigenvalue weighted by molar-refractivity contribution is -0.137. The highest BCUT2D eigenvalue weighted by molar-refractivity contribution is 5.66. The molecule has 5 heteroatoms. The van der Waals surface area contributed by atoms with Crippen molar-refractivity contribution in [3.05, 3.63) is 60.2 Å². The molecule has 0 unspecified atom stereocenters. The number of aliphatic carboxylic acids is 1. The summed E-state index contributed by atoms with van der Waals surface area (Å²) in [6, 6.07) is 9.99. The van der Waals surface area contributed by atoms with Gasteiger partial charge in [0.25, 0.3) is 0 Å². The SMILES string of the molecule is O=C(O)CCCC=CC[C@H]1[C@@H](C=C[C@@H](O)CCc2ccccc2)[C@H](O)C[C@H]1O. The lowest BCUT2D eigenvalue weighted by atomic mass is 9.89. The van der Waals surface area contributed by atoms with Crippen LogP contribution in [0.1, 0.15) is 44.1 Å². The van der Waals surface area contributed by atoms with Gasteiger partial charge in [0.1, 0.15) is 0 Å². The third-order valence-electron chi connectivity index (χ3n) is 5.38. The van der Waals surface area contributed by atoms with Gasteiger partial charge in [-0.2, -0.15) is 0 Å². The second-order valence-corrected chi connectivity index (χ2v) is 7.58. The van der Waals surface area contributed by atoms with Crippen LogP contribution in [0.2, 0.25) is 0 Å². The molecule has 0 spiro atoms. The van der Waals surface area contributed by atoms with Crippen LogP contribution in [-0.2, 0) is 11.2 Å². The normalized spacial score (nSPS) is 26.2. The van der Waals surface area contributed by atoms with Gasteiger partial charge in [-0.05, 0) is 43.6 Å². The molecule has 0 amide bonds. The van der Waals surface area contributed by atoms with E-state index in [0.717, 1.165) is 6.42 Å². The Hall–Kier alpha value is -1.95. The molecule has 1 fully saturated rings. The van der Waals surface area contributed by atoms with Crippen LogP contribution in [-0.4, -0.2) is 44.7 Å². The minimum absolute atomic E-state index is 0.0942. The fraction of sp³-hybridized carbons (Fsp3) is 0.522. The second kappa shape index (κ2) is 11.8. The first-order valence-electron chi connectivity index (χ1n) is 10.1. The van der Waals surface area contributed by atoms with Crippen LogP contribution >= 0.6 is 0 Å². The summed E-state index contributed by atoms with van der Waals surface area (Å²) in [5, 5.41) is 39.4. The van der Waals surface area contributed by atoms with Crippen LogP contribution in [0.5, 0.6) is 0 Å². The van der Waals surface area contributed by atoms with Crippen molar-refractivity contribution in [2.24, 2.45) is 11.8 Å². The average molecular weight is 389 g/mol. The Balaban J connectivity index is 1.82. The van der Waals surface area contributed by atoms with E-state index in [1.165, 1.54) is 5.56 Å². The van der Waals surface area contributed by atoms with E-state index in [4.69, 9.17) is 5.11 Å². The molecule has 5 nitrogen and oxygen atoms in total. The number of carboxylic acid groups (broad SMARTS) is 1. The summed E-state index contributed by atoms with van der Waals surface area (Å²) in [6.07, 6.45) is 9.51. The van der Waals surface area contributed by atoms with Crippen molar-refractivity contribution in [2.45, 2.75) is 63.3 Å². The Bertz CT molecular complexity index is 640. The Morgan fingerprint density at radius 3 is 2.61 bits per heavy atom. The summed E-state index contributed by atoms with van der Waals surface area (Å²) in [7, 11) is 0. The van der Waals surface area contributed by atoms with Gasteiger partial charge in [0, 0.05) is 18.8 Å². The number of hydrogen-bond donors (Lipinski definition) is 4. The number of carbonyl (C=O) groups is 1. The molecule has 0 aromatic heterocycles. The molecule has 28 heavy (non-hydrogen) atoms. The Labute approximate surface area is 167 Å². The Morgan fingerprint density at radius 2 is 1.89 bits per heavy atom. The van der Waals surface area contributed by atoms with Gasteiger partial charge in [-0.15, -0.1) is 0 Å². The largest absolute Gasteiger partial charge is 0.481 e. The van der Waals surface area contributed by atoms with Crippen molar-refractivity contribution < 1.29 is 25.2 Å². The minimum Gasteiger partial charge on any atom is -0.481 e. The molecule has 1 aliphatic rings. The molecular weight excluding hydrogens is 356 g/mol. The third-order valence-corrected chi connectivity index (χ3v) is 5.38. The molecular formula is C23H32O5. The predicted octanol–water partition coefficient (Wildman–Crippen LogP) is 3.10. The number of unbranched alkanes of at least 4 members (excludes halogenated alkanes) is 1. The number of aryl methyl sites for hydroxylation is 1. The summed E-state index contributed by atoms with van der Waals surface area (Å²) < 4.78 is 0. The van der Waals surface area contributed by atoms with Crippen molar-refractivity contribution in [1.29, 1.82) is 0 Å². The molecule has 0 saturated heterocycles. The van der Waals surface area contributed by atoms with E-state index in [0.29, 0.717) is 32.1 Å². The van der Waals surface area contributed by atoms with Crippen LogP contribution in [0, 0.1) is 11.8 Å². The van der Waals surface area contributed by atoms with Gasteiger partial charge in [-0.25, -0.2) is 0 Å². The van der Waals surface area contributed by atoms with E-state index >= 15 is 0 Å². The smallest absolute Gasteiger partial charge is 0.303 e. The zero-order valence-corrected chi connectivity index (χ0v) is 16.2. The number of hydrogen-bond acceptors (Lipinski definition) is 4. The average Bonchev–Trinajstić information content (AvgIpc) is 2.94. The molecule has 4 N–H and O–H groups in total. The van der Waals surface area contributed by atoms with Gasteiger partial charge in [-0.1, -0.05) is 54.6 Å². The zero-order valence-electron chi connectivity index (χ0n) is 16.2. The number of allylic oxidation sites excluding steroid dienone is 2. The maximum Gasteiger partial charge on any atom is 0.303 e. The van der Waals surface area contributed by atoms with E-state index in [9.17, 15) is 20.1 Å². The molecule has 0 radical (unpaired) electrons. The summed E-state index contributed by atoms with van der Waals surface area (Å²) in [5.74, 6) is -1.08. The third kappa shape index (κ3) is 7.58. The fourth-order valence-corrected chi connectivity index (χ4v) is 3.76. The van der Waals surface area contributed by atoms with E-state index in [1.54, 1.807) is 6.08 Å². The molecule has 1 aromatic rings. The molecule has 0 aliphatic heterocycles. The molecule has 0 heterocycles. The van der Waals surface area contributed by atoms with Gasteiger partial charge in [0.15, 0.2) is 0 Å². The molecule has 1 aromatic carbocycles. The first kappa shape index (κ1) is 22.3. The maximum absolute atomic E-state index is 10.5. The van der Waals surface area contributed by atoms with Gasteiger partial charge in [0.05, 0.1) is 18.3 Å². The van der Waals surface area contributed by atoms with Crippen LogP contribution in [0.15, 0.2) is 54.6 Å². The Morgan fingerprint density at radius 1 is 1.14 bits per heavy atom. The molecule has 154 valence electrons. The van der Waals surface area contributed by atoms with Crippen LogP contribution < -0.4 is 0 Å². The summed E-state index contributed by atoms with van der Waals surface area (Å²) >= 11 is 0. The van der Waals surface area contributed by atoms with E-state index in [1.807, 2.05) is 48.6 Å². The van der Waals surface area contributed by atoms with Crippen molar-refractivity contribution in [3.8, 4) is 0 Å². The van der Waals surface area contributed by atoms with Crippen LogP contribution in [0.25, 0.3) is 0 Å². The Kier molecular flexibility index (Phi) is 9.41. The summed E-state index contributed by atoms with van der Waals surface area (Å²) in [5.41, 5.74) is 1.18. The molecule has 0 bridgehead atoms. The molecule has 1 saturated carbocycles. The van der Waals surface area contributed by atoms with Crippen LogP contribution in [0.3, 0.4) is 0 Å². The van der Waals surface area contributed by atoms with Crippen LogP contribution in [0.4, 0.5) is 0 Å². The number of aliphatic hydroxyl groups is 3. The zero-order chi connectivity index (χ0) is 20.4. The van der Waals surface area contributed by atoms with Gasteiger partial charge >= 0.3 is 5.97 Å². The quantitative estimate of drug-likeness (QED) is 0.345. The summed E-state index contributed by atoms with van der Waals surface area (Å²) in [6.45, 7) is 0.